The zero-order valence-electron chi connectivity index (χ0n) is 16.3. The van der Waals surface area contributed by atoms with Crippen LogP contribution in [0.25, 0.3) is 10.9 Å². The largest absolute Gasteiger partial charge is 0.480 e. The quantitative estimate of drug-likeness (QED) is 0.621. The van der Waals surface area contributed by atoms with Gasteiger partial charge >= 0.3 is 5.97 Å². The normalized spacial score (nSPS) is 15.0. The van der Waals surface area contributed by atoms with Gasteiger partial charge in [-0.25, -0.2) is 8.42 Å². The fourth-order valence-electron chi connectivity index (χ4n) is 3.67. The molecule has 0 radical (unpaired) electrons. The van der Waals surface area contributed by atoms with E-state index in [9.17, 15) is 18.3 Å². The smallest absolute Gasteiger partial charge is 0.325 e. The van der Waals surface area contributed by atoms with Gasteiger partial charge in [-0.2, -0.15) is 9.40 Å². The molecule has 0 aliphatic carbocycles. The average Bonchev–Trinajstić information content (AvgIpc) is 3.36. The summed E-state index contributed by atoms with van der Waals surface area (Å²) in [5, 5.41) is 14.9. The lowest BCUT2D eigenvalue weighted by molar-refractivity contribution is -0.137. The third-order valence-electron chi connectivity index (χ3n) is 5.22. The first-order valence-corrected chi connectivity index (χ1v) is 11.3. The molecule has 1 aromatic heterocycles. The van der Waals surface area contributed by atoms with E-state index in [1.807, 2.05) is 0 Å². The monoisotopic (exact) mass is 448 g/mol. The summed E-state index contributed by atoms with van der Waals surface area (Å²) in [5.74, 6) is -0.469. The lowest BCUT2D eigenvalue weighted by Gasteiger charge is -2.19. The summed E-state index contributed by atoms with van der Waals surface area (Å²) in [6.45, 7) is 0.828. The number of rotatable bonds is 6. The predicted molar refractivity (Wildman–Crippen MR) is 115 cm³/mol. The molecule has 1 fully saturated rings. The first-order valence-electron chi connectivity index (χ1n) is 9.49. The Balaban J connectivity index is 1.69. The van der Waals surface area contributed by atoms with Crippen molar-refractivity contribution in [1.82, 2.24) is 14.1 Å². The first-order chi connectivity index (χ1) is 14.3. The average molecular weight is 449 g/mol. The molecule has 1 saturated heterocycles. The highest BCUT2D eigenvalue weighted by atomic mass is 35.5. The number of aliphatic carboxylic acids is 1. The number of carboxylic acids is 1. The molecule has 1 aliphatic rings. The van der Waals surface area contributed by atoms with Crippen LogP contribution in [0.1, 0.15) is 12.8 Å². The standard InChI is InChI=1S/C20H21ClN4O4S/c1-23(15-5-7-16(8-6-15)30(28,29)24-10-2-3-11-24)20-17-12-14(21)4-9-18(17)25(22-20)13-19(26)27/h4-9,12H,2-3,10-11,13H2,1H3,(H,26,27). The molecule has 1 N–H and O–H groups in total. The van der Waals surface area contributed by atoms with Crippen LogP contribution >= 0.6 is 11.6 Å². The van der Waals surface area contributed by atoms with Crippen molar-refractivity contribution in [2.24, 2.45) is 0 Å². The Kier molecular flexibility index (Phi) is 5.44. The Bertz CT molecular complexity index is 1200. The molecule has 8 nitrogen and oxygen atoms in total. The number of carboxylic acid groups (broad SMARTS) is 1. The minimum Gasteiger partial charge on any atom is -0.480 e. The number of sulfonamides is 1. The maximum absolute atomic E-state index is 12.7. The molecule has 0 saturated carbocycles. The predicted octanol–water partition coefficient (Wildman–Crippen LogP) is 3.33. The lowest BCUT2D eigenvalue weighted by Crippen LogP contribution is -2.27. The van der Waals surface area contributed by atoms with Crippen molar-refractivity contribution >= 4 is 50.0 Å². The van der Waals surface area contributed by atoms with E-state index in [1.54, 1.807) is 54.4 Å². The van der Waals surface area contributed by atoms with Crippen LogP contribution < -0.4 is 4.90 Å². The molecule has 2 heterocycles. The van der Waals surface area contributed by atoms with Crippen molar-refractivity contribution in [2.45, 2.75) is 24.3 Å². The molecule has 0 bridgehead atoms. The summed E-state index contributed by atoms with van der Waals surface area (Å²) in [7, 11) is -1.69. The third-order valence-corrected chi connectivity index (χ3v) is 7.37. The molecule has 30 heavy (non-hydrogen) atoms. The van der Waals surface area contributed by atoms with Crippen molar-refractivity contribution < 1.29 is 18.3 Å². The Morgan fingerprint density at radius 1 is 1.17 bits per heavy atom. The Morgan fingerprint density at radius 3 is 2.47 bits per heavy atom. The summed E-state index contributed by atoms with van der Waals surface area (Å²) in [6, 6.07) is 11.8. The summed E-state index contributed by atoms with van der Waals surface area (Å²) >= 11 is 6.15. The summed E-state index contributed by atoms with van der Waals surface area (Å²) in [6.07, 6.45) is 1.77. The molecule has 0 spiro atoms. The van der Waals surface area contributed by atoms with Gasteiger partial charge in [0.25, 0.3) is 0 Å². The number of anilines is 2. The maximum atomic E-state index is 12.7. The van der Waals surface area contributed by atoms with E-state index in [2.05, 4.69) is 5.10 Å². The number of carbonyl (C=O) groups is 1. The molecule has 1 aliphatic heterocycles. The molecular formula is C20H21ClN4O4S. The second-order valence-electron chi connectivity index (χ2n) is 7.20. The van der Waals surface area contributed by atoms with Crippen LogP contribution in [0.2, 0.25) is 5.02 Å². The number of aromatic nitrogens is 2. The molecular weight excluding hydrogens is 428 g/mol. The second kappa shape index (κ2) is 7.90. The number of hydrogen-bond acceptors (Lipinski definition) is 5. The highest BCUT2D eigenvalue weighted by Gasteiger charge is 2.27. The molecule has 0 atom stereocenters. The summed E-state index contributed by atoms with van der Waals surface area (Å²) in [5.41, 5.74) is 1.37. The van der Waals surface area contributed by atoms with E-state index in [4.69, 9.17) is 11.6 Å². The minimum absolute atomic E-state index is 0.255. The van der Waals surface area contributed by atoms with E-state index < -0.39 is 16.0 Å². The molecule has 3 aromatic rings. The molecule has 0 unspecified atom stereocenters. The molecule has 0 amide bonds. The zero-order valence-corrected chi connectivity index (χ0v) is 17.9. The van der Waals surface area contributed by atoms with Crippen LogP contribution in [-0.2, 0) is 21.4 Å². The number of benzene rings is 2. The topological polar surface area (TPSA) is 95.7 Å². The number of fused-ring (bicyclic) bond motifs is 1. The van der Waals surface area contributed by atoms with Gasteiger partial charge in [0.15, 0.2) is 5.82 Å². The first kappa shape index (κ1) is 20.6. The molecule has 10 heteroatoms. The maximum Gasteiger partial charge on any atom is 0.325 e. The number of hydrogen-bond donors (Lipinski definition) is 1. The Labute approximate surface area is 179 Å². The molecule has 4 rings (SSSR count). The van der Waals surface area contributed by atoms with Crippen molar-refractivity contribution in [3.63, 3.8) is 0 Å². The second-order valence-corrected chi connectivity index (χ2v) is 9.57. The van der Waals surface area contributed by atoms with Gasteiger partial charge in [-0.15, -0.1) is 0 Å². The lowest BCUT2D eigenvalue weighted by atomic mass is 10.2. The molecule has 158 valence electrons. The van der Waals surface area contributed by atoms with Crippen LogP contribution in [0.4, 0.5) is 11.5 Å². The van der Waals surface area contributed by atoms with Crippen molar-refractivity contribution in [3.8, 4) is 0 Å². The van der Waals surface area contributed by atoms with Crippen LogP contribution in [-0.4, -0.2) is 53.7 Å². The van der Waals surface area contributed by atoms with Crippen LogP contribution in [0.3, 0.4) is 0 Å². The van der Waals surface area contributed by atoms with Gasteiger partial charge in [0.05, 0.1) is 10.4 Å². The highest BCUT2D eigenvalue weighted by Crippen LogP contribution is 2.33. The zero-order chi connectivity index (χ0) is 21.5. The van der Waals surface area contributed by atoms with Crippen molar-refractivity contribution in [3.05, 3.63) is 47.5 Å². The Morgan fingerprint density at radius 2 is 1.83 bits per heavy atom. The summed E-state index contributed by atoms with van der Waals surface area (Å²) in [4.78, 5) is 13.2. The SMILES string of the molecule is CN(c1ccc(S(=O)(=O)N2CCCC2)cc1)c1nn(CC(=O)O)c2ccc(Cl)cc12. The molecule has 2 aromatic carbocycles. The van der Waals surface area contributed by atoms with E-state index >= 15 is 0 Å². The fourth-order valence-corrected chi connectivity index (χ4v) is 5.36. The van der Waals surface area contributed by atoms with Gasteiger partial charge in [0.1, 0.15) is 6.54 Å². The van der Waals surface area contributed by atoms with Crippen LogP contribution in [0.15, 0.2) is 47.4 Å². The third kappa shape index (κ3) is 3.76. The van der Waals surface area contributed by atoms with Gasteiger partial charge in [-0.05, 0) is 55.3 Å². The van der Waals surface area contributed by atoms with Crippen LogP contribution in [0.5, 0.6) is 0 Å². The van der Waals surface area contributed by atoms with E-state index in [1.165, 1.54) is 8.99 Å². The van der Waals surface area contributed by atoms with Gasteiger partial charge < -0.3 is 10.0 Å². The van der Waals surface area contributed by atoms with Gasteiger partial charge in [-0.1, -0.05) is 11.6 Å². The van der Waals surface area contributed by atoms with Gasteiger partial charge in [0, 0.05) is 36.2 Å². The van der Waals surface area contributed by atoms with Gasteiger partial charge in [0.2, 0.25) is 10.0 Å². The Hall–Kier alpha value is -2.62. The van der Waals surface area contributed by atoms with Crippen LogP contribution in [0, 0.1) is 0 Å². The fraction of sp³-hybridized carbons (Fsp3) is 0.300. The van der Waals surface area contributed by atoms with E-state index in [0.29, 0.717) is 34.8 Å². The van der Waals surface area contributed by atoms with Crippen molar-refractivity contribution in [1.29, 1.82) is 0 Å². The van der Waals surface area contributed by atoms with E-state index in [-0.39, 0.29) is 11.4 Å². The van der Waals surface area contributed by atoms with E-state index in [0.717, 1.165) is 18.5 Å². The highest BCUT2D eigenvalue weighted by molar-refractivity contribution is 7.89. The van der Waals surface area contributed by atoms with Gasteiger partial charge in [-0.3, -0.25) is 9.48 Å². The minimum atomic E-state index is -3.48. The number of halogens is 1. The van der Waals surface area contributed by atoms with Crippen molar-refractivity contribution in [2.75, 3.05) is 25.0 Å². The number of nitrogens with zero attached hydrogens (tertiary/aromatic N) is 4. The summed E-state index contributed by atoms with van der Waals surface area (Å²) < 4.78 is 28.4.